The highest BCUT2D eigenvalue weighted by molar-refractivity contribution is 14.1. The predicted octanol–water partition coefficient (Wildman–Crippen LogP) is 3.68. The molecule has 1 unspecified atom stereocenters. The maximum atomic E-state index is 12.6. The van der Waals surface area contributed by atoms with Crippen LogP contribution in [0.4, 0.5) is 11.4 Å². The van der Waals surface area contributed by atoms with E-state index < -0.39 is 0 Å². The number of fused-ring (bicyclic) bond motifs is 1. The van der Waals surface area contributed by atoms with E-state index in [4.69, 9.17) is 0 Å². The summed E-state index contributed by atoms with van der Waals surface area (Å²) in [6, 6.07) is 16.0. The van der Waals surface area contributed by atoms with E-state index in [1.807, 2.05) is 54.3 Å². The Labute approximate surface area is 138 Å². The SMILES string of the molecule is CC(Nc1ccc(I)cc1)C(=O)N1CCc2ccccc21. The fraction of sp³-hybridized carbons (Fsp3) is 0.235. The first-order valence-corrected chi connectivity index (χ1v) is 8.14. The van der Waals surface area contributed by atoms with Gasteiger partial charge in [0, 0.05) is 21.5 Å². The molecule has 1 N–H and O–H groups in total. The molecule has 0 aliphatic carbocycles. The van der Waals surface area contributed by atoms with Crippen molar-refractivity contribution in [3.05, 3.63) is 57.7 Å². The van der Waals surface area contributed by atoms with E-state index in [9.17, 15) is 4.79 Å². The lowest BCUT2D eigenvalue weighted by Gasteiger charge is -2.23. The molecule has 1 heterocycles. The molecule has 21 heavy (non-hydrogen) atoms. The van der Waals surface area contributed by atoms with Crippen LogP contribution in [-0.4, -0.2) is 18.5 Å². The zero-order valence-corrected chi connectivity index (χ0v) is 14.0. The van der Waals surface area contributed by atoms with Crippen LogP contribution >= 0.6 is 22.6 Å². The summed E-state index contributed by atoms with van der Waals surface area (Å²) in [7, 11) is 0. The topological polar surface area (TPSA) is 32.3 Å². The van der Waals surface area contributed by atoms with E-state index in [-0.39, 0.29) is 11.9 Å². The average Bonchev–Trinajstić information content (AvgIpc) is 2.92. The van der Waals surface area contributed by atoms with Crippen molar-refractivity contribution in [1.82, 2.24) is 0 Å². The van der Waals surface area contributed by atoms with Gasteiger partial charge in [-0.2, -0.15) is 0 Å². The largest absolute Gasteiger partial charge is 0.374 e. The van der Waals surface area contributed by atoms with Crippen molar-refractivity contribution in [2.75, 3.05) is 16.8 Å². The summed E-state index contributed by atoms with van der Waals surface area (Å²) in [6.07, 6.45) is 0.943. The van der Waals surface area contributed by atoms with Gasteiger partial charge in [-0.05, 0) is 71.8 Å². The van der Waals surface area contributed by atoms with Crippen molar-refractivity contribution in [1.29, 1.82) is 0 Å². The lowest BCUT2D eigenvalue weighted by Crippen LogP contribution is -2.40. The average molecular weight is 392 g/mol. The number of rotatable bonds is 3. The van der Waals surface area contributed by atoms with Crippen molar-refractivity contribution < 1.29 is 4.79 Å². The highest BCUT2D eigenvalue weighted by atomic mass is 127. The quantitative estimate of drug-likeness (QED) is 0.809. The standard InChI is InChI=1S/C17H17IN2O/c1-12(19-15-8-6-14(18)7-9-15)17(21)20-11-10-13-4-2-3-5-16(13)20/h2-9,12,19H,10-11H2,1H3. The summed E-state index contributed by atoms with van der Waals surface area (Å²) in [5.41, 5.74) is 3.29. The Morgan fingerprint density at radius 1 is 1.19 bits per heavy atom. The fourth-order valence-corrected chi connectivity index (χ4v) is 3.02. The minimum absolute atomic E-state index is 0.124. The number of hydrogen-bond donors (Lipinski definition) is 1. The maximum Gasteiger partial charge on any atom is 0.249 e. The van der Waals surface area contributed by atoms with Gasteiger partial charge < -0.3 is 10.2 Å². The van der Waals surface area contributed by atoms with Crippen LogP contribution in [0.3, 0.4) is 0 Å². The summed E-state index contributed by atoms with van der Waals surface area (Å²) in [4.78, 5) is 14.5. The Bertz CT molecular complexity index is 654. The lowest BCUT2D eigenvalue weighted by atomic mass is 10.2. The normalized spacial score (nSPS) is 14.7. The van der Waals surface area contributed by atoms with Crippen LogP contribution in [0.25, 0.3) is 0 Å². The van der Waals surface area contributed by atoms with Crippen LogP contribution in [0.2, 0.25) is 0 Å². The van der Waals surface area contributed by atoms with Crippen molar-refractivity contribution >= 4 is 39.9 Å². The molecule has 0 saturated heterocycles. The second-order valence-electron chi connectivity index (χ2n) is 5.24. The third-order valence-electron chi connectivity index (χ3n) is 3.75. The Morgan fingerprint density at radius 3 is 2.67 bits per heavy atom. The monoisotopic (exact) mass is 392 g/mol. The number of benzene rings is 2. The molecule has 2 aromatic rings. The van der Waals surface area contributed by atoms with E-state index >= 15 is 0 Å². The van der Waals surface area contributed by atoms with E-state index in [2.05, 4.69) is 34.0 Å². The van der Waals surface area contributed by atoms with Gasteiger partial charge in [-0.15, -0.1) is 0 Å². The number of carbonyl (C=O) groups excluding carboxylic acids is 1. The molecule has 0 radical (unpaired) electrons. The molecule has 0 saturated carbocycles. The summed E-state index contributed by atoms with van der Waals surface area (Å²) < 4.78 is 1.19. The maximum absolute atomic E-state index is 12.6. The van der Waals surface area contributed by atoms with Gasteiger partial charge in [-0.1, -0.05) is 18.2 Å². The number of anilines is 2. The third-order valence-corrected chi connectivity index (χ3v) is 4.47. The van der Waals surface area contributed by atoms with Gasteiger partial charge in [0.2, 0.25) is 5.91 Å². The Morgan fingerprint density at radius 2 is 1.90 bits per heavy atom. The number of para-hydroxylation sites is 1. The molecule has 1 aliphatic rings. The van der Waals surface area contributed by atoms with Crippen LogP contribution in [0.1, 0.15) is 12.5 Å². The summed E-state index contributed by atoms with van der Waals surface area (Å²) >= 11 is 2.27. The molecule has 0 bridgehead atoms. The van der Waals surface area contributed by atoms with E-state index in [0.717, 1.165) is 24.3 Å². The lowest BCUT2D eigenvalue weighted by molar-refractivity contribution is -0.118. The molecule has 1 aliphatic heterocycles. The third kappa shape index (κ3) is 3.05. The molecule has 108 valence electrons. The Balaban J connectivity index is 1.72. The molecule has 0 spiro atoms. The van der Waals surface area contributed by atoms with Crippen molar-refractivity contribution in [3.63, 3.8) is 0 Å². The van der Waals surface area contributed by atoms with E-state index in [1.54, 1.807) is 0 Å². The summed E-state index contributed by atoms with van der Waals surface area (Å²) in [5.74, 6) is 0.124. The Hall–Kier alpha value is -1.56. The van der Waals surface area contributed by atoms with Gasteiger partial charge in [0.1, 0.15) is 6.04 Å². The molecular formula is C17H17IN2O. The molecule has 2 aromatic carbocycles. The minimum Gasteiger partial charge on any atom is -0.374 e. The predicted molar refractivity (Wildman–Crippen MR) is 94.7 cm³/mol. The number of carbonyl (C=O) groups is 1. The van der Waals surface area contributed by atoms with Crippen LogP contribution in [0.15, 0.2) is 48.5 Å². The van der Waals surface area contributed by atoms with Gasteiger partial charge >= 0.3 is 0 Å². The molecule has 3 nitrogen and oxygen atoms in total. The summed E-state index contributed by atoms with van der Waals surface area (Å²) in [6.45, 7) is 2.69. The van der Waals surface area contributed by atoms with Gasteiger partial charge in [0.25, 0.3) is 0 Å². The van der Waals surface area contributed by atoms with Gasteiger partial charge in [-0.3, -0.25) is 4.79 Å². The first-order chi connectivity index (χ1) is 10.1. The smallest absolute Gasteiger partial charge is 0.249 e. The van der Waals surface area contributed by atoms with Crippen molar-refractivity contribution in [3.8, 4) is 0 Å². The molecule has 0 fully saturated rings. The number of halogens is 1. The summed E-state index contributed by atoms with van der Waals surface area (Å²) in [5, 5.41) is 3.28. The zero-order valence-electron chi connectivity index (χ0n) is 11.8. The number of amides is 1. The van der Waals surface area contributed by atoms with Gasteiger partial charge in [0.15, 0.2) is 0 Å². The molecule has 3 rings (SSSR count). The second kappa shape index (κ2) is 6.05. The fourth-order valence-electron chi connectivity index (χ4n) is 2.66. The van der Waals surface area contributed by atoms with Crippen LogP contribution in [-0.2, 0) is 11.2 Å². The first kappa shape index (κ1) is 14.4. The molecule has 1 atom stereocenters. The van der Waals surface area contributed by atoms with Crippen LogP contribution < -0.4 is 10.2 Å². The molecular weight excluding hydrogens is 375 g/mol. The molecule has 0 aromatic heterocycles. The highest BCUT2D eigenvalue weighted by Crippen LogP contribution is 2.28. The minimum atomic E-state index is -0.240. The van der Waals surface area contributed by atoms with Gasteiger partial charge in [0.05, 0.1) is 0 Å². The zero-order chi connectivity index (χ0) is 14.8. The van der Waals surface area contributed by atoms with Crippen molar-refractivity contribution in [2.45, 2.75) is 19.4 Å². The van der Waals surface area contributed by atoms with Crippen LogP contribution in [0.5, 0.6) is 0 Å². The van der Waals surface area contributed by atoms with E-state index in [0.29, 0.717) is 0 Å². The number of nitrogens with one attached hydrogen (secondary N) is 1. The van der Waals surface area contributed by atoms with Gasteiger partial charge in [-0.25, -0.2) is 0 Å². The second-order valence-corrected chi connectivity index (χ2v) is 6.49. The Kier molecular flexibility index (Phi) is 4.14. The van der Waals surface area contributed by atoms with Crippen molar-refractivity contribution in [2.24, 2.45) is 0 Å². The number of hydrogen-bond acceptors (Lipinski definition) is 2. The molecule has 4 heteroatoms. The highest BCUT2D eigenvalue weighted by Gasteiger charge is 2.27. The molecule has 1 amide bonds. The number of nitrogens with zero attached hydrogens (tertiary/aromatic N) is 1. The van der Waals surface area contributed by atoms with Crippen LogP contribution in [0, 0.1) is 3.57 Å². The van der Waals surface area contributed by atoms with E-state index in [1.165, 1.54) is 9.13 Å². The first-order valence-electron chi connectivity index (χ1n) is 7.06.